The van der Waals surface area contributed by atoms with Crippen LogP contribution in [0.2, 0.25) is 0 Å². The molecule has 1 aromatic carbocycles. The van der Waals surface area contributed by atoms with Crippen LogP contribution in [0.4, 0.5) is 5.69 Å². The summed E-state index contributed by atoms with van der Waals surface area (Å²) in [5.41, 5.74) is 0.752. The van der Waals surface area contributed by atoms with Gasteiger partial charge in [-0.05, 0) is 18.6 Å². The molecule has 1 atom stereocenters. The fraction of sp³-hybridized carbons (Fsp3) is 0.462. The standard InChI is InChI=1S/C13H17NO3/c1-3-4-9(2)13(15)14-10-5-6-11-12(7-10)17-8-16-11/h5-7,9H,3-4,8H2,1-2H3,(H,14,15)/t9-/m1/s1. The number of benzene rings is 1. The largest absolute Gasteiger partial charge is 0.454 e. The summed E-state index contributed by atoms with van der Waals surface area (Å²) in [6.07, 6.45) is 1.91. The fourth-order valence-corrected chi connectivity index (χ4v) is 1.80. The minimum atomic E-state index is 0.0328. The molecule has 92 valence electrons. The lowest BCUT2D eigenvalue weighted by Gasteiger charge is -2.11. The lowest BCUT2D eigenvalue weighted by molar-refractivity contribution is -0.119. The van der Waals surface area contributed by atoms with E-state index in [-0.39, 0.29) is 18.6 Å². The summed E-state index contributed by atoms with van der Waals surface area (Å²) < 4.78 is 10.5. The molecular weight excluding hydrogens is 218 g/mol. The summed E-state index contributed by atoms with van der Waals surface area (Å²) in [6, 6.07) is 5.42. The number of ether oxygens (including phenoxy) is 2. The molecule has 0 unspecified atom stereocenters. The number of nitrogens with one attached hydrogen (secondary N) is 1. The number of rotatable bonds is 4. The zero-order valence-corrected chi connectivity index (χ0v) is 10.2. The van der Waals surface area contributed by atoms with Gasteiger partial charge in [0, 0.05) is 17.7 Å². The maximum Gasteiger partial charge on any atom is 0.231 e. The minimum Gasteiger partial charge on any atom is -0.454 e. The van der Waals surface area contributed by atoms with Gasteiger partial charge in [-0.3, -0.25) is 4.79 Å². The Labute approximate surface area is 101 Å². The van der Waals surface area contributed by atoms with E-state index in [1.54, 1.807) is 6.07 Å². The maximum absolute atomic E-state index is 11.8. The third-order valence-electron chi connectivity index (χ3n) is 2.81. The van der Waals surface area contributed by atoms with Crippen LogP contribution in [0.1, 0.15) is 26.7 Å². The van der Waals surface area contributed by atoms with Crippen LogP contribution in [-0.2, 0) is 4.79 Å². The van der Waals surface area contributed by atoms with E-state index < -0.39 is 0 Å². The molecule has 0 fully saturated rings. The number of carbonyl (C=O) groups excluding carboxylic acids is 1. The van der Waals surface area contributed by atoms with E-state index in [1.807, 2.05) is 19.1 Å². The van der Waals surface area contributed by atoms with E-state index in [9.17, 15) is 4.79 Å². The zero-order valence-electron chi connectivity index (χ0n) is 10.2. The first kappa shape index (κ1) is 11.8. The molecule has 0 spiro atoms. The molecule has 0 aromatic heterocycles. The minimum absolute atomic E-state index is 0.0328. The van der Waals surface area contributed by atoms with Crippen LogP contribution in [0, 0.1) is 5.92 Å². The summed E-state index contributed by atoms with van der Waals surface area (Å²) in [5, 5.41) is 2.88. The highest BCUT2D eigenvalue weighted by atomic mass is 16.7. The predicted octanol–water partition coefficient (Wildman–Crippen LogP) is 2.79. The van der Waals surface area contributed by atoms with Crippen LogP contribution in [0.5, 0.6) is 11.5 Å². The van der Waals surface area contributed by atoms with Crippen molar-refractivity contribution in [1.82, 2.24) is 0 Å². The van der Waals surface area contributed by atoms with Gasteiger partial charge in [-0.25, -0.2) is 0 Å². The molecule has 0 aliphatic carbocycles. The van der Waals surface area contributed by atoms with Crippen molar-refractivity contribution in [3.8, 4) is 11.5 Å². The third kappa shape index (κ3) is 2.70. The van der Waals surface area contributed by atoms with Gasteiger partial charge in [-0.15, -0.1) is 0 Å². The Morgan fingerprint density at radius 1 is 1.41 bits per heavy atom. The Morgan fingerprint density at radius 3 is 2.94 bits per heavy atom. The van der Waals surface area contributed by atoms with Crippen LogP contribution in [0.3, 0.4) is 0 Å². The van der Waals surface area contributed by atoms with Crippen molar-refractivity contribution in [1.29, 1.82) is 0 Å². The summed E-state index contributed by atoms with van der Waals surface area (Å²) in [6.45, 7) is 4.26. The highest BCUT2D eigenvalue weighted by Gasteiger charge is 2.16. The molecular formula is C13H17NO3. The Hall–Kier alpha value is -1.71. The fourth-order valence-electron chi connectivity index (χ4n) is 1.80. The van der Waals surface area contributed by atoms with E-state index in [4.69, 9.17) is 9.47 Å². The average Bonchev–Trinajstić information content (AvgIpc) is 2.76. The van der Waals surface area contributed by atoms with Gasteiger partial charge in [0.1, 0.15) is 0 Å². The third-order valence-corrected chi connectivity index (χ3v) is 2.81. The highest BCUT2D eigenvalue weighted by Crippen LogP contribution is 2.34. The van der Waals surface area contributed by atoms with Gasteiger partial charge >= 0.3 is 0 Å². The van der Waals surface area contributed by atoms with E-state index in [2.05, 4.69) is 12.2 Å². The predicted molar refractivity (Wildman–Crippen MR) is 65.3 cm³/mol. The summed E-state index contributed by atoms with van der Waals surface area (Å²) in [7, 11) is 0. The van der Waals surface area contributed by atoms with Gasteiger partial charge in [-0.1, -0.05) is 20.3 Å². The van der Waals surface area contributed by atoms with Crippen LogP contribution in [0.15, 0.2) is 18.2 Å². The monoisotopic (exact) mass is 235 g/mol. The summed E-state index contributed by atoms with van der Waals surface area (Å²) in [4.78, 5) is 11.8. The molecule has 2 rings (SSSR count). The van der Waals surface area contributed by atoms with Gasteiger partial charge in [0.2, 0.25) is 12.7 Å². The van der Waals surface area contributed by atoms with Crippen molar-refractivity contribution in [2.45, 2.75) is 26.7 Å². The van der Waals surface area contributed by atoms with Crippen molar-refractivity contribution < 1.29 is 14.3 Å². The van der Waals surface area contributed by atoms with Gasteiger partial charge in [0.25, 0.3) is 0 Å². The van der Waals surface area contributed by atoms with E-state index in [1.165, 1.54) is 0 Å². The summed E-state index contributed by atoms with van der Waals surface area (Å²) in [5.74, 6) is 1.49. The Bertz CT molecular complexity index is 417. The number of anilines is 1. The molecule has 1 aromatic rings. The lowest BCUT2D eigenvalue weighted by atomic mass is 10.1. The Morgan fingerprint density at radius 2 is 2.18 bits per heavy atom. The summed E-state index contributed by atoms with van der Waals surface area (Å²) >= 11 is 0. The second-order valence-electron chi connectivity index (χ2n) is 4.25. The van der Waals surface area contributed by atoms with Gasteiger partial charge in [-0.2, -0.15) is 0 Å². The van der Waals surface area contributed by atoms with E-state index in [0.717, 1.165) is 24.3 Å². The molecule has 4 nitrogen and oxygen atoms in total. The van der Waals surface area contributed by atoms with Gasteiger partial charge < -0.3 is 14.8 Å². The molecule has 1 N–H and O–H groups in total. The molecule has 1 aliphatic rings. The van der Waals surface area contributed by atoms with Gasteiger partial charge in [0.05, 0.1) is 0 Å². The average molecular weight is 235 g/mol. The molecule has 1 aliphatic heterocycles. The second-order valence-corrected chi connectivity index (χ2v) is 4.25. The van der Waals surface area contributed by atoms with Gasteiger partial charge in [0.15, 0.2) is 11.5 Å². The van der Waals surface area contributed by atoms with Crippen molar-refractivity contribution in [2.75, 3.05) is 12.1 Å². The van der Waals surface area contributed by atoms with Crippen molar-refractivity contribution >= 4 is 11.6 Å². The molecule has 0 bridgehead atoms. The van der Waals surface area contributed by atoms with Crippen molar-refractivity contribution in [3.63, 3.8) is 0 Å². The molecule has 1 amide bonds. The smallest absolute Gasteiger partial charge is 0.231 e. The number of hydrogen-bond acceptors (Lipinski definition) is 3. The molecule has 0 saturated heterocycles. The van der Waals surface area contributed by atoms with E-state index in [0.29, 0.717) is 5.75 Å². The molecule has 0 radical (unpaired) electrons. The lowest BCUT2D eigenvalue weighted by Crippen LogP contribution is -2.20. The highest BCUT2D eigenvalue weighted by molar-refractivity contribution is 5.92. The molecule has 4 heteroatoms. The Kier molecular flexibility index (Phi) is 3.52. The Balaban J connectivity index is 2.01. The molecule has 17 heavy (non-hydrogen) atoms. The molecule has 1 heterocycles. The van der Waals surface area contributed by atoms with Crippen LogP contribution in [0.25, 0.3) is 0 Å². The molecule has 0 saturated carbocycles. The number of hydrogen-bond donors (Lipinski definition) is 1. The number of fused-ring (bicyclic) bond motifs is 1. The first-order valence-electron chi connectivity index (χ1n) is 5.91. The first-order valence-corrected chi connectivity index (χ1v) is 5.91. The van der Waals surface area contributed by atoms with E-state index >= 15 is 0 Å². The SMILES string of the molecule is CCC[C@@H](C)C(=O)Nc1ccc2c(c1)OCO2. The van der Waals surface area contributed by atoms with Crippen molar-refractivity contribution in [2.24, 2.45) is 5.92 Å². The van der Waals surface area contributed by atoms with Crippen molar-refractivity contribution in [3.05, 3.63) is 18.2 Å². The van der Waals surface area contributed by atoms with Crippen LogP contribution in [-0.4, -0.2) is 12.7 Å². The zero-order chi connectivity index (χ0) is 12.3. The number of amides is 1. The van der Waals surface area contributed by atoms with Crippen LogP contribution < -0.4 is 14.8 Å². The topological polar surface area (TPSA) is 47.6 Å². The van der Waals surface area contributed by atoms with Crippen LogP contribution >= 0.6 is 0 Å². The normalized spacial score (nSPS) is 14.5. The number of carbonyl (C=O) groups is 1. The first-order chi connectivity index (χ1) is 8.20. The maximum atomic E-state index is 11.8. The second kappa shape index (κ2) is 5.08. The quantitative estimate of drug-likeness (QED) is 0.872.